The summed E-state index contributed by atoms with van der Waals surface area (Å²) in [6, 6.07) is 17.5. The Morgan fingerprint density at radius 2 is 1.58 bits per heavy atom. The third kappa shape index (κ3) is 5.82. The first-order valence-corrected chi connectivity index (χ1v) is 9.66. The van der Waals surface area contributed by atoms with Crippen LogP contribution in [0.3, 0.4) is 0 Å². The minimum absolute atomic E-state index is 0.252. The summed E-state index contributed by atoms with van der Waals surface area (Å²) in [6.45, 7) is 0.431. The van der Waals surface area contributed by atoms with Gasteiger partial charge in [-0.15, -0.1) is 0 Å². The van der Waals surface area contributed by atoms with Crippen LogP contribution in [0.4, 0.5) is 10.1 Å². The maximum Gasteiger partial charge on any atom is 0.255 e. The zero-order chi connectivity index (χ0) is 22.2. The summed E-state index contributed by atoms with van der Waals surface area (Å²) in [7, 11) is 3.15. The molecule has 3 aromatic rings. The maximum atomic E-state index is 13.0. The molecule has 2 amide bonds. The lowest BCUT2D eigenvalue weighted by Crippen LogP contribution is -2.25. The lowest BCUT2D eigenvalue weighted by Gasteiger charge is -2.11. The zero-order valence-corrected chi connectivity index (χ0v) is 17.3. The molecule has 0 radical (unpaired) electrons. The number of amides is 2. The van der Waals surface area contributed by atoms with Crippen molar-refractivity contribution >= 4 is 17.5 Å². The molecule has 0 heterocycles. The molecule has 160 valence electrons. The van der Waals surface area contributed by atoms with Crippen LogP contribution in [0.5, 0.6) is 11.5 Å². The third-order valence-corrected chi connectivity index (χ3v) is 4.64. The molecule has 3 aromatic carbocycles. The fourth-order valence-electron chi connectivity index (χ4n) is 3.00. The Labute approximate surface area is 180 Å². The molecular formula is C24H23FN2O4. The highest BCUT2D eigenvalue weighted by Gasteiger charge is 2.10. The van der Waals surface area contributed by atoms with Crippen LogP contribution >= 0.6 is 0 Å². The first-order valence-electron chi connectivity index (χ1n) is 9.66. The van der Waals surface area contributed by atoms with Crippen LogP contribution in [0.1, 0.15) is 26.3 Å². The Hall–Kier alpha value is -3.87. The Morgan fingerprint density at radius 1 is 0.839 bits per heavy atom. The molecule has 0 unspecified atom stereocenters. The van der Waals surface area contributed by atoms with Crippen LogP contribution < -0.4 is 20.1 Å². The van der Waals surface area contributed by atoms with E-state index in [2.05, 4.69) is 10.6 Å². The number of benzene rings is 3. The number of carbonyl (C=O) groups is 2. The van der Waals surface area contributed by atoms with Gasteiger partial charge in [-0.1, -0.05) is 12.1 Å². The second-order valence-corrected chi connectivity index (χ2v) is 6.74. The largest absolute Gasteiger partial charge is 0.493 e. The summed E-state index contributed by atoms with van der Waals surface area (Å²) >= 11 is 0. The van der Waals surface area contributed by atoms with Crippen LogP contribution in [-0.4, -0.2) is 32.6 Å². The first kappa shape index (κ1) is 21.8. The van der Waals surface area contributed by atoms with E-state index in [-0.39, 0.29) is 11.8 Å². The van der Waals surface area contributed by atoms with Gasteiger partial charge in [0.15, 0.2) is 11.5 Å². The second kappa shape index (κ2) is 10.2. The van der Waals surface area contributed by atoms with Crippen molar-refractivity contribution in [1.82, 2.24) is 5.32 Å². The maximum absolute atomic E-state index is 13.0. The van der Waals surface area contributed by atoms with Crippen molar-refractivity contribution in [3.8, 4) is 11.5 Å². The lowest BCUT2D eigenvalue weighted by molar-refractivity contribution is 0.0952. The number of hydrogen-bond donors (Lipinski definition) is 2. The van der Waals surface area contributed by atoms with Gasteiger partial charge in [-0.25, -0.2) is 4.39 Å². The van der Waals surface area contributed by atoms with Crippen molar-refractivity contribution in [2.24, 2.45) is 0 Å². The SMILES string of the molecule is COc1ccc(CCNC(=O)c2cccc(NC(=O)c3ccc(F)cc3)c2)cc1OC. The van der Waals surface area contributed by atoms with E-state index in [0.29, 0.717) is 41.3 Å². The zero-order valence-electron chi connectivity index (χ0n) is 17.3. The predicted molar refractivity (Wildman–Crippen MR) is 116 cm³/mol. The topological polar surface area (TPSA) is 76.7 Å². The number of methoxy groups -OCH3 is 2. The lowest BCUT2D eigenvalue weighted by atomic mass is 10.1. The predicted octanol–water partition coefficient (Wildman–Crippen LogP) is 4.07. The van der Waals surface area contributed by atoms with Crippen molar-refractivity contribution in [3.63, 3.8) is 0 Å². The highest BCUT2D eigenvalue weighted by Crippen LogP contribution is 2.27. The number of hydrogen-bond acceptors (Lipinski definition) is 4. The fraction of sp³-hybridized carbons (Fsp3) is 0.167. The molecule has 0 atom stereocenters. The second-order valence-electron chi connectivity index (χ2n) is 6.74. The molecule has 31 heavy (non-hydrogen) atoms. The molecule has 0 saturated heterocycles. The van der Waals surface area contributed by atoms with Gasteiger partial charge in [0, 0.05) is 23.4 Å². The molecule has 0 aliphatic carbocycles. The van der Waals surface area contributed by atoms with E-state index in [0.717, 1.165) is 5.56 Å². The molecule has 0 fully saturated rings. The summed E-state index contributed by atoms with van der Waals surface area (Å²) in [5, 5.41) is 5.58. The molecule has 3 rings (SSSR count). The molecule has 0 spiro atoms. The summed E-state index contributed by atoms with van der Waals surface area (Å²) in [5.74, 6) is 0.235. The van der Waals surface area contributed by atoms with E-state index >= 15 is 0 Å². The van der Waals surface area contributed by atoms with Crippen molar-refractivity contribution in [2.45, 2.75) is 6.42 Å². The summed E-state index contributed by atoms with van der Waals surface area (Å²) in [4.78, 5) is 24.8. The highest BCUT2D eigenvalue weighted by molar-refractivity contribution is 6.05. The molecular weight excluding hydrogens is 399 g/mol. The van der Waals surface area contributed by atoms with E-state index < -0.39 is 5.82 Å². The van der Waals surface area contributed by atoms with Gasteiger partial charge in [-0.2, -0.15) is 0 Å². The Balaban J connectivity index is 1.57. The minimum atomic E-state index is -0.414. The molecule has 0 aliphatic heterocycles. The Morgan fingerprint density at radius 3 is 2.29 bits per heavy atom. The average Bonchev–Trinajstić information content (AvgIpc) is 2.79. The van der Waals surface area contributed by atoms with Crippen LogP contribution in [0, 0.1) is 5.82 Å². The van der Waals surface area contributed by atoms with Crippen LogP contribution in [0.25, 0.3) is 0 Å². The van der Waals surface area contributed by atoms with E-state index in [1.807, 2.05) is 18.2 Å². The number of halogens is 1. The normalized spacial score (nSPS) is 10.3. The number of anilines is 1. The van der Waals surface area contributed by atoms with Crippen LogP contribution in [-0.2, 0) is 6.42 Å². The van der Waals surface area contributed by atoms with Crippen LogP contribution in [0.15, 0.2) is 66.7 Å². The summed E-state index contributed by atoms with van der Waals surface area (Å²) in [5.41, 5.74) is 2.22. The monoisotopic (exact) mass is 422 g/mol. The number of carbonyl (C=O) groups excluding carboxylic acids is 2. The molecule has 0 saturated carbocycles. The van der Waals surface area contributed by atoms with Gasteiger partial charge >= 0.3 is 0 Å². The van der Waals surface area contributed by atoms with Gasteiger partial charge in [0.05, 0.1) is 14.2 Å². The Bertz CT molecular complexity index is 1070. The number of ether oxygens (including phenoxy) is 2. The van der Waals surface area contributed by atoms with Crippen molar-refractivity contribution in [3.05, 3.63) is 89.2 Å². The molecule has 7 heteroatoms. The quantitative estimate of drug-likeness (QED) is 0.574. The van der Waals surface area contributed by atoms with E-state index in [4.69, 9.17) is 9.47 Å². The molecule has 6 nitrogen and oxygen atoms in total. The number of rotatable bonds is 8. The van der Waals surface area contributed by atoms with Gasteiger partial charge in [-0.05, 0) is 66.6 Å². The molecule has 0 aliphatic rings. The molecule has 0 aromatic heterocycles. The average molecular weight is 422 g/mol. The van der Waals surface area contributed by atoms with Gasteiger partial charge in [0.2, 0.25) is 0 Å². The first-order chi connectivity index (χ1) is 15.0. The summed E-state index contributed by atoms with van der Waals surface area (Å²) in [6.07, 6.45) is 0.618. The number of nitrogens with one attached hydrogen (secondary N) is 2. The third-order valence-electron chi connectivity index (χ3n) is 4.64. The van der Waals surface area contributed by atoms with Crippen molar-refractivity contribution in [1.29, 1.82) is 0 Å². The van der Waals surface area contributed by atoms with E-state index in [1.54, 1.807) is 38.5 Å². The van der Waals surface area contributed by atoms with Gasteiger partial charge < -0.3 is 20.1 Å². The fourth-order valence-corrected chi connectivity index (χ4v) is 3.00. The molecule has 0 bridgehead atoms. The highest BCUT2D eigenvalue weighted by atomic mass is 19.1. The van der Waals surface area contributed by atoms with Gasteiger partial charge in [0.25, 0.3) is 11.8 Å². The van der Waals surface area contributed by atoms with Crippen molar-refractivity contribution in [2.75, 3.05) is 26.1 Å². The van der Waals surface area contributed by atoms with Gasteiger partial charge in [-0.3, -0.25) is 9.59 Å². The summed E-state index contributed by atoms with van der Waals surface area (Å²) < 4.78 is 23.5. The Kier molecular flexibility index (Phi) is 7.22. The van der Waals surface area contributed by atoms with Crippen molar-refractivity contribution < 1.29 is 23.5 Å². The van der Waals surface area contributed by atoms with E-state index in [1.165, 1.54) is 24.3 Å². The smallest absolute Gasteiger partial charge is 0.255 e. The minimum Gasteiger partial charge on any atom is -0.493 e. The molecule has 2 N–H and O–H groups in total. The van der Waals surface area contributed by atoms with Crippen LogP contribution in [0.2, 0.25) is 0 Å². The standard InChI is InChI=1S/C24H23FN2O4/c1-30-21-11-6-16(14-22(21)31-2)12-13-26-23(28)18-4-3-5-20(15-18)27-24(29)17-7-9-19(25)10-8-17/h3-11,14-15H,12-13H2,1-2H3,(H,26,28)(H,27,29). The van der Waals surface area contributed by atoms with E-state index in [9.17, 15) is 14.0 Å². The van der Waals surface area contributed by atoms with Gasteiger partial charge in [0.1, 0.15) is 5.82 Å².